The standard InChI is InChI=1S/3C24H26N4O2/c3*1-5-13-26-20-11-10-17-18(20)7-6-8-19(17)23-27-24(30-28-23)16-9-12-22(29-15(2)3)21(14-16)25-4/h3*6-9,12,14-15,20,26H,5,10-11,13H2,1-3H3/t3*20-/m000/s1/i6D,7D,8D,9D,10D2,12D,13D2,14D;5D2,6D,7D,8D,9D,10D2,12D,14D;6D,7D,8D,9D,10D2,12D,14D. The Hall–Kier alpha value is -9.51. The van der Waals surface area contributed by atoms with Crippen LogP contribution in [-0.2, 0) is 19.1 Å². The van der Waals surface area contributed by atoms with Gasteiger partial charge in [-0.2, -0.15) is 15.0 Å². The van der Waals surface area contributed by atoms with Gasteiger partial charge in [-0.25, -0.2) is 14.5 Å². The molecule has 0 aliphatic heterocycles. The zero-order chi connectivity index (χ0) is 87.9. The number of hydrogen-bond donors (Lipinski definition) is 3. The molecule has 3 aromatic heterocycles. The van der Waals surface area contributed by atoms with E-state index in [-0.39, 0.29) is 169 Å². The number of hydrogen-bond acceptors (Lipinski definition) is 15. The van der Waals surface area contributed by atoms with Crippen LogP contribution < -0.4 is 30.2 Å². The smallest absolute Gasteiger partial charge is 0.256 e. The molecule has 18 nitrogen and oxygen atoms in total. The van der Waals surface area contributed by atoms with Gasteiger partial charge in [0.05, 0.1) is 58.6 Å². The number of aromatic nitrogens is 6. The molecular weight excluding hydrogens is 1130 g/mol. The molecule has 0 fully saturated rings. The van der Waals surface area contributed by atoms with Crippen LogP contribution in [0.5, 0.6) is 17.2 Å². The maximum atomic E-state index is 8.68. The average molecular weight is 1240 g/mol. The second kappa shape index (κ2) is 29.7. The molecule has 90 heavy (non-hydrogen) atoms. The molecule has 9 aromatic rings. The summed E-state index contributed by atoms with van der Waals surface area (Å²) in [5, 5.41) is 20.4. The summed E-state index contributed by atoms with van der Waals surface area (Å²) in [6.45, 7) is 36.1. The van der Waals surface area contributed by atoms with Gasteiger partial charge >= 0.3 is 0 Å². The lowest BCUT2D eigenvalue weighted by molar-refractivity contribution is 0.244. The number of benzene rings is 6. The molecule has 0 spiro atoms. The molecule has 462 valence electrons. The Kier molecular flexibility index (Phi) is 12.1. The highest BCUT2D eigenvalue weighted by atomic mass is 16.5. The first-order valence-corrected chi connectivity index (χ1v) is 28.6. The van der Waals surface area contributed by atoms with Crippen molar-refractivity contribution in [1.82, 2.24) is 46.4 Å². The van der Waals surface area contributed by atoms with E-state index in [1.165, 1.54) is 6.92 Å². The van der Waals surface area contributed by atoms with Gasteiger partial charge in [-0.3, -0.25) is 0 Å². The normalized spacial score (nSPS) is 21.7. The molecule has 3 N–H and O–H groups in total. The van der Waals surface area contributed by atoms with Crippen LogP contribution in [0.15, 0.2) is 122 Å². The lowest BCUT2D eigenvalue weighted by atomic mass is 10.0. The maximum absolute atomic E-state index is 8.68. The molecule has 3 aliphatic rings. The molecule has 12 rings (SSSR count). The molecule has 0 unspecified atom stereocenters. The van der Waals surface area contributed by atoms with Gasteiger partial charge in [-0.05, 0) is 206 Å². The fraction of sp³-hybridized carbons (Fsp3) is 0.375. The zero-order valence-electron chi connectivity index (χ0n) is 78.4. The number of nitrogens with zero attached hydrogens (tertiary/aromatic N) is 9. The van der Waals surface area contributed by atoms with Crippen molar-refractivity contribution < 1.29 is 66.2 Å². The van der Waals surface area contributed by atoms with Gasteiger partial charge in [-0.15, -0.1) is 0 Å². The van der Waals surface area contributed by atoms with E-state index >= 15 is 0 Å². The SMILES string of the molecule is [2H]c1c([2H])c(-c2noc(-c3c([2H])c([2H])c(OC(C)C)c([N+]#[C-])c3[2H])n2)c2c(c1[2H])[C@@H](NC([2H])([2H])CC)CC2([2H])[2H].[2H]c1c([2H])c(-c2noc(-c3c([2H])c([2H])c(OC(C)C)c([N+]#[C-])c3[2H])n2)c2c(c1[2H])[C@@H](NCC([2H])([2H])C)CC2([2H])[2H].[2H]c1c([2H])c(-c2noc(-c3c([2H])c([2H])c(OC(C)C)c([N+]#[C-])c3[2H])n2)c2c(c1[2H])[C@@H](NCCC)CC2([2H])[2H]. The van der Waals surface area contributed by atoms with E-state index in [1.807, 2.05) is 6.92 Å². The fourth-order valence-corrected chi connectivity index (χ4v) is 9.21. The zero-order valence-corrected chi connectivity index (χ0v) is 50.4. The Labute approximate surface area is 567 Å². The highest BCUT2D eigenvalue weighted by molar-refractivity contribution is 5.74. The molecule has 0 amide bonds. The minimum absolute atomic E-state index is 0.00354. The summed E-state index contributed by atoms with van der Waals surface area (Å²) >= 11 is 0. The van der Waals surface area contributed by atoms with Gasteiger partial charge in [0.15, 0.2) is 0 Å². The van der Waals surface area contributed by atoms with Crippen LogP contribution >= 0.6 is 0 Å². The average Bonchev–Trinajstić information content (AvgIpc) is 1.57. The van der Waals surface area contributed by atoms with Crippen molar-refractivity contribution in [3.63, 3.8) is 0 Å². The van der Waals surface area contributed by atoms with Gasteiger partial charge in [-0.1, -0.05) is 90.6 Å². The summed E-state index contributed by atoms with van der Waals surface area (Å²) in [4.78, 5) is 22.6. The summed E-state index contributed by atoms with van der Waals surface area (Å²) in [6.07, 6.45) is -8.71. The van der Waals surface area contributed by atoms with E-state index in [0.29, 0.717) is 6.54 Å². The Morgan fingerprint density at radius 3 is 1.16 bits per heavy atom. The molecule has 0 bridgehead atoms. The second-order valence-electron chi connectivity index (χ2n) is 20.7. The maximum Gasteiger partial charge on any atom is 0.256 e. The van der Waals surface area contributed by atoms with Crippen LogP contribution in [0.2, 0.25) is 0 Å². The summed E-state index contributed by atoms with van der Waals surface area (Å²) in [7, 11) is 0. The summed E-state index contributed by atoms with van der Waals surface area (Å²) in [5.41, 5.74) is -2.19. The van der Waals surface area contributed by atoms with Crippen molar-refractivity contribution in [1.29, 1.82) is 0 Å². The highest BCUT2D eigenvalue weighted by Crippen LogP contribution is 2.42. The third kappa shape index (κ3) is 14.6. The third-order valence-electron chi connectivity index (χ3n) is 13.1. The molecule has 0 saturated carbocycles. The van der Waals surface area contributed by atoms with Crippen molar-refractivity contribution in [3.8, 4) is 85.8 Å². The summed E-state index contributed by atoms with van der Waals surface area (Å²) < 4.78 is 268. The van der Waals surface area contributed by atoms with Crippen molar-refractivity contribution >= 4 is 17.1 Å². The van der Waals surface area contributed by atoms with E-state index in [4.69, 9.17) is 85.9 Å². The summed E-state index contributed by atoms with van der Waals surface area (Å²) in [6, 6.07) is -10.5. The number of nitrogens with one attached hydrogen (secondary N) is 3. The molecule has 18 heteroatoms. The van der Waals surface area contributed by atoms with Gasteiger partial charge in [0.2, 0.25) is 34.5 Å². The monoisotopic (exact) mass is 1230 g/mol. The minimum atomic E-state index is -2.16. The van der Waals surface area contributed by atoms with Gasteiger partial charge in [0.25, 0.3) is 17.7 Å². The van der Waals surface area contributed by atoms with Crippen molar-refractivity contribution in [2.75, 3.05) is 19.6 Å². The predicted octanol–water partition coefficient (Wildman–Crippen LogP) is 17.2. The van der Waals surface area contributed by atoms with Gasteiger partial charge < -0.3 is 43.7 Å². The lowest BCUT2D eigenvalue weighted by Gasteiger charge is -2.13. The predicted molar refractivity (Wildman–Crippen MR) is 350 cm³/mol. The van der Waals surface area contributed by atoms with Crippen LogP contribution in [0.3, 0.4) is 0 Å². The van der Waals surface area contributed by atoms with Gasteiger partial charge in [0.1, 0.15) is 17.2 Å². The van der Waals surface area contributed by atoms with E-state index < -0.39 is 177 Å². The quantitative estimate of drug-likeness (QED) is 0.0575. The third-order valence-corrected chi connectivity index (χ3v) is 13.1. The second-order valence-corrected chi connectivity index (χ2v) is 20.7. The van der Waals surface area contributed by atoms with Gasteiger partial charge in [0, 0.05) is 69.3 Å². The van der Waals surface area contributed by atoms with Crippen LogP contribution in [0.1, 0.15) is 191 Å². The summed E-state index contributed by atoms with van der Waals surface area (Å²) in [5.74, 6) is -2.75. The molecule has 0 saturated heterocycles. The number of ether oxygens (including phenoxy) is 3. The van der Waals surface area contributed by atoms with E-state index in [2.05, 4.69) is 60.9 Å². The largest absolute Gasteiger partial charge is 0.502 e. The topological polar surface area (TPSA) is 194 Å². The highest BCUT2D eigenvalue weighted by Gasteiger charge is 2.30. The van der Waals surface area contributed by atoms with Crippen LogP contribution in [0.25, 0.3) is 83.1 Å². The molecule has 0 radical (unpaired) electrons. The van der Waals surface area contributed by atoms with Crippen LogP contribution in [0, 0.1) is 19.7 Å². The Morgan fingerprint density at radius 2 is 0.844 bits per heavy atom. The fourth-order valence-electron chi connectivity index (χ4n) is 9.21. The van der Waals surface area contributed by atoms with Crippen molar-refractivity contribution in [3.05, 3.63) is 176 Å². The molecule has 3 atom stereocenters. The molecule has 6 aromatic carbocycles. The van der Waals surface area contributed by atoms with Crippen LogP contribution in [-0.4, -0.2) is 68.3 Å². The van der Waals surface area contributed by atoms with Crippen LogP contribution in [0.4, 0.5) is 17.1 Å². The Bertz CT molecular complexity index is 5630. The first-order valence-electron chi connectivity index (χ1n) is 42.6. The molecular formula is C72H78N12O6. The first kappa shape index (κ1) is 36.8. The Morgan fingerprint density at radius 1 is 0.500 bits per heavy atom. The van der Waals surface area contributed by atoms with E-state index in [0.717, 1.165) is 6.42 Å². The number of rotatable bonds is 21. The molecule has 3 heterocycles. The first-order chi connectivity index (χ1) is 54.9. The minimum Gasteiger partial charge on any atom is -0.502 e. The Balaban J connectivity index is 0.000000186. The van der Waals surface area contributed by atoms with E-state index in [9.17, 15) is 0 Å². The number of fused-ring (bicyclic) bond motifs is 3. The lowest BCUT2D eigenvalue weighted by Crippen LogP contribution is -2.19. The van der Waals surface area contributed by atoms with Crippen molar-refractivity contribution in [2.24, 2.45) is 0 Å². The van der Waals surface area contributed by atoms with E-state index in [1.54, 1.807) is 48.5 Å². The molecule has 3 aliphatic carbocycles. The van der Waals surface area contributed by atoms with Crippen molar-refractivity contribution in [2.45, 2.75) is 156 Å².